The minimum atomic E-state index is 1.26. The maximum absolute atomic E-state index is 2.67. The van der Waals surface area contributed by atoms with Crippen LogP contribution >= 0.6 is 0 Å². The van der Waals surface area contributed by atoms with E-state index in [1.165, 1.54) is 142 Å². The average Bonchev–Trinajstić information content (AvgIpc) is 3.07. The van der Waals surface area contributed by atoms with Crippen LogP contribution < -0.4 is 0 Å². The van der Waals surface area contributed by atoms with Crippen LogP contribution in [0.4, 0.5) is 0 Å². The quantitative estimate of drug-likeness (QED) is 0.151. The molecule has 0 aromatic heterocycles. The summed E-state index contributed by atoms with van der Waals surface area (Å²) in [7, 11) is 0. The van der Waals surface area contributed by atoms with Gasteiger partial charge in [0.05, 0.1) is 13.1 Å². The summed E-state index contributed by atoms with van der Waals surface area (Å²) in [6.45, 7) is 12.0. The van der Waals surface area contributed by atoms with E-state index in [0.29, 0.717) is 0 Å². The molecule has 0 amide bonds. The smallest absolute Gasteiger partial charge is 0.247 e. The van der Waals surface area contributed by atoms with Crippen LogP contribution in [0.1, 0.15) is 136 Å². The molecule has 0 fully saturated rings. The third-order valence-corrected chi connectivity index (χ3v) is 6.36. The summed E-state index contributed by atoms with van der Waals surface area (Å²) in [6.07, 6.45) is 25.7. The Bertz CT molecular complexity index is 375. The van der Waals surface area contributed by atoms with Crippen LogP contribution in [0.15, 0.2) is 0 Å². The van der Waals surface area contributed by atoms with E-state index in [1.54, 1.807) is 5.84 Å². The maximum atomic E-state index is 2.67. The lowest BCUT2D eigenvalue weighted by Gasteiger charge is -2.12. The van der Waals surface area contributed by atoms with Gasteiger partial charge in [0.15, 0.2) is 0 Å². The second-order valence-electron chi connectivity index (χ2n) is 9.09. The number of nitrogens with zero attached hydrogens (tertiary/aromatic N) is 2. The molecule has 0 unspecified atom stereocenters. The first-order valence-corrected chi connectivity index (χ1v) is 13.2. The fourth-order valence-electron chi connectivity index (χ4n) is 4.69. The Morgan fingerprint density at radius 3 is 1.57 bits per heavy atom. The summed E-state index contributed by atoms with van der Waals surface area (Å²) in [5.41, 5.74) is 0. The second-order valence-corrected chi connectivity index (χ2v) is 9.09. The molecule has 0 aromatic rings. The van der Waals surface area contributed by atoms with Crippen molar-refractivity contribution >= 4 is 5.84 Å². The summed E-state index contributed by atoms with van der Waals surface area (Å²) in [5, 5.41) is 0. The van der Waals surface area contributed by atoms with Crippen LogP contribution in [-0.2, 0) is 0 Å². The monoisotopic (exact) mass is 393 g/mol. The van der Waals surface area contributed by atoms with Crippen LogP contribution in [-0.4, -0.2) is 41.5 Å². The molecule has 0 spiro atoms. The molecular weight excluding hydrogens is 340 g/mol. The molecule has 2 nitrogen and oxygen atoms in total. The zero-order chi connectivity index (χ0) is 20.3. The van der Waals surface area contributed by atoms with Gasteiger partial charge in [0.2, 0.25) is 5.84 Å². The van der Waals surface area contributed by atoms with E-state index in [-0.39, 0.29) is 0 Å². The SMILES string of the molecule is CCCCCCCCCCCCCCCCCC1=[N+](CCC)CCN1CCC. The largest absolute Gasteiger partial charge is 0.262 e. The zero-order valence-corrected chi connectivity index (χ0v) is 20.0. The summed E-state index contributed by atoms with van der Waals surface area (Å²) >= 11 is 0. The molecule has 1 aliphatic heterocycles. The molecule has 28 heavy (non-hydrogen) atoms. The standard InChI is InChI=1S/C26H53N2/c1-4-7-8-9-10-11-12-13-14-15-16-17-18-19-20-21-26-27(22-5-2)24-25-28(26)23-6-3/h4-25H2,1-3H3/q+1. The van der Waals surface area contributed by atoms with E-state index in [0.717, 1.165) is 0 Å². The Hall–Kier alpha value is -0.530. The van der Waals surface area contributed by atoms with Crippen molar-refractivity contribution in [1.29, 1.82) is 0 Å². The van der Waals surface area contributed by atoms with E-state index in [9.17, 15) is 0 Å². The number of hydrogen-bond donors (Lipinski definition) is 0. The topological polar surface area (TPSA) is 6.25 Å². The van der Waals surface area contributed by atoms with Crippen molar-refractivity contribution in [2.75, 3.05) is 26.2 Å². The molecule has 1 aliphatic rings. The van der Waals surface area contributed by atoms with E-state index >= 15 is 0 Å². The van der Waals surface area contributed by atoms with E-state index < -0.39 is 0 Å². The van der Waals surface area contributed by atoms with Gasteiger partial charge in [0.1, 0.15) is 13.1 Å². The minimum Gasteiger partial charge on any atom is -0.262 e. The Morgan fingerprint density at radius 1 is 0.607 bits per heavy atom. The van der Waals surface area contributed by atoms with Crippen LogP contribution in [0, 0.1) is 0 Å². The normalized spacial score (nSPS) is 14.5. The van der Waals surface area contributed by atoms with Crippen LogP contribution in [0.5, 0.6) is 0 Å². The third-order valence-electron chi connectivity index (χ3n) is 6.36. The molecule has 166 valence electrons. The lowest BCUT2D eigenvalue weighted by atomic mass is 10.0. The average molecular weight is 394 g/mol. The fourth-order valence-corrected chi connectivity index (χ4v) is 4.69. The lowest BCUT2D eigenvalue weighted by Crippen LogP contribution is -2.30. The molecule has 0 saturated carbocycles. The number of amidine groups is 1. The van der Waals surface area contributed by atoms with E-state index in [4.69, 9.17) is 0 Å². The third kappa shape index (κ3) is 12.1. The predicted molar refractivity (Wildman–Crippen MR) is 127 cm³/mol. The summed E-state index contributed by atoms with van der Waals surface area (Å²) in [6, 6.07) is 0. The summed E-state index contributed by atoms with van der Waals surface area (Å²) in [4.78, 5) is 2.67. The van der Waals surface area contributed by atoms with Gasteiger partial charge in [0, 0.05) is 6.42 Å². The summed E-state index contributed by atoms with van der Waals surface area (Å²) in [5.74, 6) is 1.67. The van der Waals surface area contributed by atoms with Gasteiger partial charge >= 0.3 is 0 Å². The molecule has 1 rings (SSSR count). The van der Waals surface area contributed by atoms with E-state index in [1.807, 2.05) is 0 Å². The van der Waals surface area contributed by atoms with Gasteiger partial charge < -0.3 is 0 Å². The van der Waals surface area contributed by atoms with Crippen molar-refractivity contribution in [3.8, 4) is 0 Å². The van der Waals surface area contributed by atoms with Gasteiger partial charge in [-0.05, 0) is 19.3 Å². The number of unbranched alkanes of at least 4 members (excludes halogenated alkanes) is 14. The number of hydrogen-bond acceptors (Lipinski definition) is 1. The maximum Gasteiger partial charge on any atom is 0.247 e. The van der Waals surface area contributed by atoms with Gasteiger partial charge in [-0.1, -0.05) is 111 Å². The Morgan fingerprint density at radius 2 is 1.11 bits per heavy atom. The Balaban J connectivity index is 1.93. The minimum absolute atomic E-state index is 1.26. The van der Waals surface area contributed by atoms with Crippen molar-refractivity contribution in [2.45, 2.75) is 136 Å². The molecule has 0 aromatic carbocycles. The van der Waals surface area contributed by atoms with Crippen molar-refractivity contribution in [2.24, 2.45) is 0 Å². The molecule has 0 saturated heterocycles. The predicted octanol–water partition coefficient (Wildman–Crippen LogP) is 7.79. The van der Waals surface area contributed by atoms with Gasteiger partial charge in [-0.15, -0.1) is 0 Å². The van der Waals surface area contributed by atoms with Crippen molar-refractivity contribution in [1.82, 2.24) is 4.90 Å². The molecule has 0 bridgehead atoms. The van der Waals surface area contributed by atoms with Gasteiger partial charge in [-0.25, -0.2) is 0 Å². The Kier molecular flexibility index (Phi) is 16.8. The lowest BCUT2D eigenvalue weighted by molar-refractivity contribution is -0.519. The highest BCUT2D eigenvalue weighted by atomic mass is 15.3. The highest BCUT2D eigenvalue weighted by molar-refractivity contribution is 5.78. The molecular formula is C26H53N2+. The molecule has 0 atom stereocenters. The first kappa shape index (κ1) is 25.5. The van der Waals surface area contributed by atoms with Gasteiger partial charge in [0.25, 0.3) is 0 Å². The van der Waals surface area contributed by atoms with Gasteiger partial charge in [-0.2, -0.15) is 0 Å². The number of rotatable bonds is 20. The molecule has 1 heterocycles. The Labute approximate surface area is 178 Å². The highest BCUT2D eigenvalue weighted by Crippen LogP contribution is 2.15. The van der Waals surface area contributed by atoms with Crippen molar-refractivity contribution in [3.63, 3.8) is 0 Å². The zero-order valence-electron chi connectivity index (χ0n) is 20.0. The molecule has 0 N–H and O–H groups in total. The van der Waals surface area contributed by atoms with Crippen LogP contribution in [0.25, 0.3) is 0 Å². The highest BCUT2D eigenvalue weighted by Gasteiger charge is 2.28. The van der Waals surface area contributed by atoms with Crippen LogP contribution in [0.3, 0.4) is 0 Å². The van der Waals surface area contributed by atoms with Gasteiger partial charge in [-0.3, -0.25) is 9.48 Å². The van der Waals surface area contributed by atoms with E-state index in [2.05, 4.69) is 30.2 Å². The first-order valence-electron chi connectivity index (χ1n) is 13.2. The van der Waals surface area contributed by atoms with Crippen LogP contribution in [0.2, 0.25) is 0 Å². The fraction of sp³-hybridized carbons (Fsp3) is 0.962. The molecule has 0 aliphatic carbocycles. The summed E-state index contributed by atoms with van der Waals surface area (Å²) < 4.78 is 2.67. The van der Waals surface area contributed by atoms with Crippen molar-refractivity contribution < 1.29 is 4.58 Å². The molecule has 2 heteroatoms. The first-order chi connectivity index (χ1) is 13.8. The van der Waals surface area contributed by atoms with Crippen molar-refractivity contribution in [3.05, 3.63) is 0 Å². The molecule has 0 radical (unpaired) electrons. The second kappa shape index (κ2) is 18.5.